The fourth-order valence-corrected chi connectivity index (χ4v) is 7.18. The maximum Gasteiger partial charge on any atom is 0.335 e. The highest BCUT2D eigenvalue weighted by atomic mass is 35.5. The van der Waals surface area contributed by atoms with E-state index < -0.39 is 22.0 Å². The smallest absolute Gasteiger partial charge is 0.335 e. The molecule has 0 bridgehead atoms. The number of carboxylic acid groups (broad SMARTS) is 1. The Morgan fingerprint density at radius 2 is 1.60 bits per heavy atom. The average molecular weight is 735 g/mol. The number of carbonyl (C=O) groups is 1. The van der Waals surface area contributed by atoms with Crippen LogP contribution < -0.4 is 9.46 Å². The van der Waals surface area contributed by atoms with Crippen molar-refractivity contribution in [2.45, 2.75) is 76.5 Å². The molecule has 0 radical (unpaired) electrons. The summed E-state index contributed by atoms with van der Waals surface area (Å²) in [6.45, 7) is 9.26. The van der Waals surface area contributed by atoms with Gasteiger partial charge < -0.3 is 14.4 Å². The van der Waals surface area contributed by atoms with E-state index >= 15 is 0 Å². The molecule has 1 atom stereocenters. The largest absolute Gasteiger partial charge is 0.489 e. The van der Waals surface area contributed by atoms with E-state index in [0.717, 1.165) is 29.5 Å². The van der Waals surface area contributed by atoms with Crippen LogP contribution in [0.1, 0.15) is 79.5 Å². The van der Waals surface area contributed by atoms with Gasteiger partial charge in [-0.1, -0.05) is 93.7 Å². The Hall–Kier alpha value is -4.15. The number of hydrogen-bond acceptors (Lipinski definition) is 5. The number of aryl methyl sites for hydroxylation is 1. The highest BCUT2D eigenvalue weighted by molar-refractivity contribution is 7.89. The second-order valence-corrected chi connectivity index (χ2v) is 15.8. The molecular formula is C39H41Cl2N3O5S. The van der Waals surface area contributed by atoms with Crippen LogP contribution in [0.5, 0.6) is 5.75 Å². The van der Waals surface area contributed by atoms with Gasteiger partial charge >= 0.3 is 5.97 Å². The third-order valence-electron chi connectivity index (χ3n) is 8.38. The zero-order chi connectivity index (χ0) is 36.1. The predicted molar refractivity (Wildman–Crippen MR) is 199 cm³/mol. The summed E-state index contributed by atoms with van der Waals surface area (Å²) in [5.41, 5.74) is 4.15. The van der Waals surface area contributed by atoms with E-state index in [4.69, 9.17) is 38.0 Å². The molecule has 0 unspecified atom stereocenters. The zero-order valence-corrected chi connectivity index (χ0v) is 30.8. The highest BCUT2D eigenvalue weighted by Gasteiger charge is 2.27. The number of nitrogens with one attached hydrogen (secondary N) is 1. The van der Waals surface area contributed by atoms with Gasteiger partial charge in [-0.3, -0.25) is 0 Å². The van der Waals surface area contributed by atoms with Crippen LogP contribution in [0.25, 0.3) is 11.3 Å². The molecule has 0 aliphatic rings. The lowest BCUT2D eigenvalue weighted by Gasteiger charge is -2.22. The first-order valence-electron chi connectivity index (χ1n) is 16.4. The van der Waals surface area contributed by atoms with Crippen LogP contribution in [0.4, 0.5) is 0 Å². The molecule has 262 valence electrons. The third-order valence-corrected chi connectivity index (χ3v) is 10.4. The SMILES string of the molecule is CCCCn1cc(-c2ccc(Cl)cc2Cl)nc1[C@H](Cc1ccc(OCc2ccc(C(=O)O)cc2)cc1)NS(=O)(=O)c1ccc(C(C)(C)C)cc1. The standard InChI is InChI=1S/C39H41Cl2N3O5S/c1-5-6-21-44-24-36(33-20-15-30(40)23-34(33)41)42-37(44)35(43-50(47,48)32-18-13-29(14-19-32)39(2,3)4)22-26-9-16-31(17-10-26)49-25-27-7-11-28(12-8-27)38(45)46/h7-20,23-24,35,43H,5-6,21-22,25H2,1-4H3,(H,45,46)/t35-/m0/s1. The summed E-state index contributed by atoms with van der Waals surface area (Å²) in [4.78, 5) is 16.3. The van der Waals surface area contributed by atoms with Crippen molar-refractivity contribution in [3.05, 3.63) is 135 Å². The first-order chi connectivity index (χ1) is 23.7. The van der Waals surface area contributed by atoms with Gasteiger partial charge in [-0.05, 0) is 89.5 Å². The number of unbranched alkanes of at least 4 members (excludes halogenated alkanes) is 1. The lowest BCUT2D eigenvalue weighted by atomic mass is 9.87. The maximum absolute atomic E-state index is 14.0. The second kappa shape index (κ2) is 15.8. The summed E-state index contributed by atoms with van der Waals surface area (Å²) in [5, 5.41) is 10.1. The fourth-order valence-electron chi connectivity index (χ4n) is 5.49. The minimum absolute atomic E-state index is 0.123. The van der Waals surface area contributed by atoms with E-state index in [1.165, 1.54) is 0 Å². The molecular weight excluding hydrogens is 693 g/mol. The number of imidazole rings is 1. The van der Waals surface area contributed by atoms with Gasteiger partial charge in [0, 0.05) is 23.3 Å². The molecule has 0 fully saturated rings. The lowest BCUT2D eigenvalue weighted by molar-refractivity contribution is 0.0696. The number of aromatic nitrogens is 2. The molecule has 50 heavy (non-hydrogen) atoms. The summed E-state index contributed by atoms with van der Waals surface area (Å²) in [5.74, 6) is 0.209. The van der Waals surface area contributed by atoms with Crippen molar-refractivity contribution in [2.75, 3.05) is 0 Å². The second-order valence-electron chi connectivity index (χ2n) is 13.2. The van der Waals surface area contributed by atoms with Crippen LogP contribution in [-0.4, -0.2) is 29.0 Å². The summed E-state index contributed by atoms with van der Waals surface area (Å²) in [6, 6.07) is 25.5. The topological polar surface area (TPSA) is 111 Å². The van der Waals surface area contributed by atoms with Crippen LogP contribution in [0.15, 0.2) is 102 Å². The number of rotatable bonds is 14. The third kappa shape index (κ3) is 9.34. The van der Waals surface area contributed by atoms with Crippen molar-refractivity contribution in [1.29, 1.82) is 0 Å². The Labute approximate surface area is 304 Å². The molecule has 8 nitrogen and oxygen atoms in total. The maximum atomic E-state index is 14.0. The summed E-state index contributed by atoms with van der Waals surface area (Å²) in [6.07, 6.45) is 4.04. The minimum atomic E-state index is -3.96. The van der Waals surface area contributed by atoms with Gasteiger partial charge in [-0.15, -0.1) is 0 Å². The molecule has 4 aromatic carbocycles. The molecule has 0 amide bonds. The highest BCUT2D eigenvalue weighted by Crippen LogP contribution is 2.33. The molecule has 1 aromatic heterocycles. The van der Waals surface area contributed by atoms with E-state index in [1.54, 1.807) is 48.5 Å². The van der Waals surface area contributed by atoms with E-state index in [9.17, 15) is 13.2 Å². The van der Waals surface area contributed by atoms with Crippen LogP contribution in [0.2, 0.25) is 10.0 Å². The summed E-state index contributed by atoms with van der Waals surface area (Å²) >= 11 is 12.8. The molecule has 11 heteroatoms. The number of nitrogens with zero attached hydrogens (tertiary/aromatic N) is 2. The number of hydrogen-bond donors (Lipinski definition) is 2. The van der Waals surface area contributed by atoms with Crippen molar-refractivity contribution in [2.24, 2.45) is 0 Å². The minimum Gasteiger partial charge on any atom is -0.489 e. The van der Waals surface area contributed by atoms with Gasteiger partial charge in [0.1, 0.15) is 18.2 Å². The molecule has 2 N–H and O–H groups in total. The molecule has 0 saturated heterocycles. The van der Waals surface area contributed by atoms with Crippen LogP contribution in [0.3, 0.4) is 0 Å². The summed E-state index contributed by atoms with van der Waals surface area (Å²) in [7, 11) is -3.96. The normalized spacial score (nSPS) is 12.5. The molecule has 0 saturated carbocycles. The molecule has 0 aliphatic heterocycles. The van der Waals surface area contributed by atoms with E-state index in [1.807, 2.05) is 53.2 Å². The van der Waals surface area contributed by atoms with E-state index in [2.05, 4.69) is 32.4 Å². The van der Waals surface area contributed by atoms with Gasteiger partial charge in [0.2, 0.25) is 10.0 Å². The van der Waals surface area contributed by atoms with E-state index in [-0.39, 0.29) is 22.5 Å². The van der Waals surface area contributed by atoms with Crippen molar-refractivity contribution in [1.82, 2.24) is 14.3 Å². The van der Waals surface area contributed by atoms with Crippen molar-refractivity contribution in [3.8, 4) is 17.0 Å². The zero-order valence-electron chi connectivity index (χ0n) is 28.5. The van der Waals surface area contributed by atoms with Gasteiger partial charge in [0.05, 0.1) is 27.2 Å². The first kappa shape index (κ1) is 37.1. The number of sulfonamides is 1. The fraction of sp³-hybridized carbons (Fsp3) is 0.282. The number of aromatic carboxylic acids is 1. The van der Waals surface area contributed by atoms with Gasteiger partial charge in [-0.25, -0.2) is 22.9 Å². The van der Waals surface area contributed by atoms with Gasteiger partial charge in [0.15, 0.2) is 0 Å². The predicted octanol–water partition coefficient (Wildman–Crippen LogP) is 9.49. The molecule has 0 spiro atoms. The molecule has 5 rings (SSSR count). The number of carboxylic acids is 1. The summed E-state index contributed by atoms with van der Waals surface area (Å²) < 4.78 is 38.8. The van der Waals surface area contributed by atoms with Crippen molar-refractivity contribution >= 4 is 39.2 Å². The van der Waals surface area contributed by atoms with E-state index in [0.29, 0.717) is 45.8 Å². The van der Waals surface area contributed by atoms with Crippen molar-refractivity contribution in [3.63, 3.8) is 0 Å². The quantitative estimate of drug-likeness (QED) is 0.118. The monoisotopic (exact) mass is 733 g/mol. The molecule has 5 aromatic rings. The van der Waals surface area contributed by atoms with Crippen LogP contribution in [-0.2, 0) is 35.0 Å². The average Bonchev–Trinajstić information content (AvgIpc) is 3.50. The van der Waals surface area contributed by atoms with Crippen molar-refractivity contribution < 1.29 is 23.1 Å². The Kier molecular flexibility index (Phi) is 11.7. The Morgan fingerprint density at radius 1 is 0.940 bits per heavy atom. The van der Waals surface area contributed by atoms with Gasteiger partial charge in [0.25, 0.3) is 0 Å². The number of ether oxygens (including phenoxy) is 1. The molecule has 0 aliphatic carbocycles. The lowest BCUT2D eigenvalue weighted by Crippen LogP contribution is -2.32. The van der Waals surface area contributed by atoms with Gasteiger partial charge in [-0.2, -0.15) is 0 Å². The Balaban J connectivity index is 1.46. The first-order valence-corrected chi connectivity index (χ1v) is 18.7. The Morgan fingerprint density at radius 3 is 2.20 bits per heavy atom. The number of halogens is 2. The number of benzene rings is 4. The van der Waals surface area contributed by atoms with Crippen LogP contribution in [0, 0.1) is 0 Å². The van der Waals surface area contributed by atoms with Crippen LogP contribution >= 0.6 is 23.2 Å². The Bertz CT molecular complexity index is 2040. The molecule has 1 heterocycles.